The molecule has 2 heteroatoms. The highest BCUT2D eigenvalue weighted by Crippen LogP contribution is 2.26. The van der Waals surface area contributed by atoms with Crippen molar-refractivity contribution in [2.75, 3.05) is 6.54 Å². The standard InChI is InChI=1S/C18H30N2/c1-3-19-18(13-17-12-11-15(2)14-20-17)16-9-7-5-4-6-8-10-16/h11-12,14,16,18-19H,3-10,13H2,1-2H3. The van der Waals surface area contributed by atoms with Crippen LogP contribution in [0.1, 0.15) is 63.1 Å². The molecule has 2 rings (SSSR count). The zero-order chi connectivity index (χ0) is 14.2. The maximum Gasteiger partial charge on any atom is 0.0419 e. The van der Waals surface area contributed by atoms with E-state index in [-0.39, 0.29) is 0 Å². The average molecular weight is 274 g/mol. The lowest BCUT2D eigenvalue weighted by atomic mass is 9.84. The van der Waals surface area contributed by atoms with Gasteiger partial charge in [0.15, 0.2) is 0 Å². The summed E-state index contributed by atoms with van der Waals surface area (Å²) in [6.07, 6.45) is 13.0. The number of pyridine rings is 1. The molecule has 0 aliphatic heterocycles. The number of nitrogens with zero attached hydrogens (tertiary/aromatic N) is 1. The third-order valence-electron chi connectivity index (χ3n) is 4.59. The highest BCUT2D eigenvalue weighted by Gasteiger charge is 2.22. The van der Waals surface area contributed by atoms with Crippen molar-refractivity contribution in [3.63, 3.8) is 0 Å². The molecule has 0 bridgehead atoms. The Morgan fingerprint density at radius 2 is 1.85 bits per heavy atom. The van der Waals surface area contributed by atoms with Gasteiger partial charge in [-0.15, -0.1) is 0 Å². The monoisotopic (exact) mass is 274 g/mol. The number of hydrogen-bond acceptors (Lipinski definition) is 2. The van der Waals surface area contributed by atoms with Gasteiger partial charge in [0.05, 0.1) is 0 Å². The van der Waals surface area contributed by atoms with Gasteiger partial charge in [-0.05, 0) is 43.9 Å². The van der Waals surface area contributed by atoms with E-state index in [9.17, 15) is 0 Å². The van der Waals surface area contributed by atoms with Crippen LogP contribution in [0.3, 0.4) is 0 Å². The Balaban J connectivity index is 1.98. The Morgan fingerprint density at radius 3 is 2.45 bits per heavy atom. The van der Waals surface area contributed by atoms with Crippen molar-refractivity contribution in [1.82, 2.24) is 10.3 Å². The molecule has 1 aromatic heterocycles. The minimum absolute atomic E-state index is 0.605. The molecular formula is C18H30N2. The molecule has 1 aliphatic rings. The molecule has 1 atom stereocenters. The van der Waals surface area contributed by atoms with Crippen molar-refractivity contribution in [3.8, 4) is 0 Å². The molecule has 0 aromatic carbocycles. The highest BCUT2D eigenvalue weighted by atomic mass is 14.9. The zero-order valence-electron chi connectivity index (χ0n) is 13.2. The fraction of sp³-hybridized carbons (Fsp3) is 0.722. The van der Waals surface area contributed by atoms with Crippen molar-refractivity contribution in [2.24, 2.45) is 5.92 Å². The van der Waals surface area contributed by atoms with Gasteiger partial charge in [-0.1, -0.05) is 45.1 Å². The lowest BCUT2D eigenvalue weighted by Gasteiger charge is -2.29. The molecule has 0 spiro atoms. The lowest BCUT2D eigenvalue weighted by molar-refractivity contribution is 0.285. The molecule has 0 saturated heterocycles. The Labute approximate surface area is 124 Å². The summed E-state index contributed by atoms with van der Waals surface area (Å²) < 4.78 is 0. The van der Waals surface area contributed by atoms with Crippen molar-refractivity contribution in [2.45, 2.75) is 71.3 Å². The first kappa shape index (κ1) is 15.5. The number of aromatic nitrogens is 1. The van der Waals surface area contributed by atoms with Gasteiger partial charge < -0.3 is 5.32 Å². The predicted molar refractivity (Wildman–Crippen MR) is 86.0 cm³/mol. The van der Waals surface area contributed by atoms with Crippen LogP contribution in [0.5, 0.6) is 0 Å². The van der Waals surface area contributed by atoms with Gasteiger partial charge in [0.25, 0.3) is 0 Å². The Kier molecular flexibility index (Phi) is 6.52. The molecule has 1 heterocycles. The third kappa shape index (κ3) is 4.90. The zero-order valence-corrected chi connectivity index (χ0v) is 13.2. The molecule has 1 saturated carbocycles. The van der Waals surface area contributed by atoms with E-state index >= 15 is 0 Å². The summed E-state index contributed by atoms with van der Waals surface area (Å²) in [5.74, 6) is 0.832. The third-order valence-corrected chi connectivity index (χ3v) is 4.59. The summed E-state index contributed by atoms with van der Waals surface area (Å²) in [4.78, 5) is 4.60. The van der Waals surface area contributed by atoms with Crippen LogP contribution in [0.25, 0.3) is 0 Å². The van der Waals surface area contributed by atoms with Crippen molar-refractivity contribution in [1.29, 1.82) is 0 Å². The highest BCUT2D eigenvalue weighted by molar-refractivity contribution is 5.13. The molecule has 2 nitrogen and oxygen atoms in total. The Morgan fingerprint density at radius 1 is 1.15 bits per heavy atom. The maximum absolute atomic E-state index is 4.60. The summed E-state index contributed by atoms with van der Waals surface area (Å²) >= 11 is 0. The van der Waals surface area contributed by atoms with Gasteiger partial charge in [0.2, 0.25) is 0 Å². The number of nitrogens with one attached hydrogen (secondary N) is 1. The van der Waals surface area contributed by atoms with E-state index in [0.717, 1.165) is 18.9 Å². The predicted octanol–water partition coefficient (Wildman–Crippen LogP) is 4.27. The van der Waals surface area contributed by atoms with Crippen LogP contribution in [0.2, 0.25) is 0 Å². The molecule has 20 heavy (non-hydrogen) atoms. The van der Waals surface area contributed by atoms with Crippen LogP contribution in [0, 0.1) is 12.8 Å². The van der Waals surface area contributed by atoms with Gasteiger partial charge >= 0.3 is 0 Å². The largest absolute Gasteiger partial charge is 0.314 e. The van der Waals surface area contributed by atoms with Crippen LogP contribution in [0.4, 0.5) is 0 Å². The minimum atomic E-state index is 0.605. The molecule has 1 aromatic rings. The maximum atomic E-state index is 4.60. The molecule has 0 radical (unpaired) electrons. The second-order valence-electron chi connectivity index (χ2n) is 6.30. The first-order valence-electron chi connectivity index (χ1n) is 8.44. The van der Waals surface area contributed by atoms with Crippen LogP contribution in [-0.4, -0.2) is 17.6 Å². The Bertz CT molecular complexity index is 364. The molecule has 112 valence electrons. The number of hydrogen-bond donors (Lipinski definition) is 1. The van der Waals surface area contributed by atoms with E-state index in [4.69, 9.17) is 0 Å². The van der Waals surface area contributed by atoms with E-state index in [1.807, 2.05) is 6.20 Å². The number of aryl methyl sites for hydroxylation is 1. The fourth-order valence-electron chi connectivity index (χ4n) is 3.40. The second-order valence-corrected chi connectivity index (χ2v) is 6.30. The number of likely N-dealkylation sites (N-methyl/N-ethyl adjacent to an activating group) is 1. The average Bonchev–Trinajstić information content (AvgIpc) is 2.41. The topological polar surface area (TPSA) is 24.9 Å². The van der Waals surface area contributed by atoms with Gasteiger partial charge in [-0.25, -0.2) is 0 Å². The molecule has 1 aliphatic carbocycles. The summed E-state index contributed by atoms with van der Waals surface area (Å²) in [5.41, 5.74) is 2.49. The molecule has 1 unspecified atom stereocenters. The molecule has 1 N–H and O–H groups in total. The van der Waals surface area contributed by atoms with E-state index in [1.54, 1.807) is 0 Å². The van der Waals surface area contributed by atoms with E-state index in [2.05, 4.69) is 36.3 Å². The lowest BCUT2D eigenvalue weighted by Crippen LogP contribution is -2.38. The van der Waals surface area contributed by atoms with Crippen molar-refractivity contribution in [3.05, 3.63) is 29.6 Å². The van der Waals surface area contributed by atoms with E-state index in [1.165, 1.54) is 56.2 Å². The van der Waals surface area contributed by atoms with Crippen LogP contribution in [0.15, 0.2) is 18.3 Å². The van der Waals surface area contributed by atoms with Crippen LogP contribution < -0.4 is 5.32 Å². The quantitative estimate of drug-likeness (QED) is 0.867. The molecular weight excluding hydrogens is 244 g/mol. The van der Waals surface area contributed by atoms with Gasteiger partial charge in [-0.2, -0.15) is 0 Å². The smallest absolute Gasteiger partial charge is 0.0419 e. The van der Waals surface area contributed by atoms with Crippen LogP contribution in [-0.2, 0) is 6.42 Å². The Hall–Kier alpha value is -0.890. The first-order chi connectivity index (χ1) is 9.79. The number of rotatable bonds is 5. The summed E-state index contributed by atoms with van der Waals surface area (Å²) in [6, 6.07) is 4.99. The minimum Gasteiger partial charge on any atom is -0.314 e. The summed E-state index contributed by atoms with van der Waals surface area (Å²) in [7, 11) is 0. The summed E-state index contributed by atoms with van der Waals surface area (Å²) in [6.45, 7) is 5.39. The normalized spacial score (nSPS) is 19.3. The van der Waals surface area contributed by atoms with Gasteiger partial charge in [-0.3, -0.25) is 4.98 Å². The second kappa shape index (κ2) is 8.41. The van der Waals surface area contributed by atoms with Crippen molar-refractivity contribution < 1.29 is 0 Å². The van der Waals surface area contributed by atoms with Gasteiger partial charge in [0, 0.05) is 24.4 Å². The van der Waals surface area contributed by atoms with Crippen molar-refractivity contribution >= 4 is 0 Å². The first-order valence-corrected chi connectivity index (χ1v) is 8.44. The molecule has 1 fully saturated rings. The SMILES string of the molecule is CCNC(Cc1ccc(C)cn1)C1CCCCCCC1. The van der Waals surface area contributed by atoms with Crippen LogP contribution >= 0.6 is 0 Å². The van der Waals surface area contributed by atoms with Gasteiger partial charge in [0.1, 0.15) is 0 Å². The van der Waals surface area contributed by atoms with E-state index < -0.39 is 0 Å². The fourth-order valence-corrected chi connectivity index (χ4v) is 3.40. The van der Waals surface area contributed by atoms with E-state index in [0.29, 0.717) is 6.04 Å². The molecule has 0 amide bonds. The summed E-state index contributed by atoms with van der Waals surface area (Å²) in [5, 5.41) is 3.72.